The summed E-state index contributed by atoms with van der Waals surface area (Å²) >= 11 is 0. The number of rotatable bonds is 6. The number of carbonyl (C=O) groups excluding carboxylic acids is 2. The number of likely N-dealkylation sites (N-methyl/N-ethyl adjacent to an activating group) is 1. The van der Waals surface area contributed by atoms with E-state index >= 15 is 0 Å². The fourth-order valence-electron chi connectivity index (χ4n) is 2.92. The molecule has 7 nitrogen and oxygen atoms in total. The topological polar surface area (TPSA) is 81.1 Å². The SMILES string of the molecule is Cc1cccc(NC(=O)C[NH+](C)CC(=O)Nc2ccc3c(c2)OC(F)(F)O3)c1C. The van der Waals surface area contributed by atoms with Crippen LogP contribution in [0, 0.1) is 13.8 Å². The van der Waals surface area contributed by atoms with Crippen molar-refractivity contribution in [3.8, 4) is 11.5 Å². The third-order valence-corrected chi connectivity index (χ3v) is 4.49. The second kappa shape index (κ2) is 8.04. The first kappa shape index (κ1) is 20.5. The van der Waals surface area contributed by atoms with Gasteiger partial charge in [0.15, 0.2) is 24.6 Å². The summed E-state index contributed by atoms with van der Waals surface area (Å²) < 4.78 is 34.8. The smallest absolute Gasteiger partial charge is 0.395 e. The molecule has 1 heterocycles. The molecule has 3 rings (SSSR count). The van der Waals surface area contributed by atoms with Crippen molar-refractivity contribution >= 4 is 23.2 Å². The molecule has 0 bridgehead atoms. The number of quaternary nitrogens is 1. The third-order valence-electron chi connectivity index (χ3n) is 4.49. The number of hydrogen-bond acceptors (Lipinski definition) is 4. The fourth-order valence-corrected chi connectivity index (χ4v) is 2.92. The van der Waals surface area contributed by atoms with E-state index in [-0.39, 0.29) is 36.4 Å². The number of fused-ring (bicyclic) bond motifs is 1. The molecular formula is C20H22F2N3O4+. The van der Waals surface area contributed by atoms with Gasteiger partial charge in [0, 0.05) is 17.4 Å². The summed E-state index contributed by atoms with van der Waals surface area (Å²) in [4.78, 5) is 25.1. The molecule has 0 spiro atoms. The molecule has 1 aliphatic heterocycles. The lowest BCUT2D eigenvalue weighted by Crippen LogP contribution is -3.11. The number of ether oxygens (including phenoxy) is 2. The third kappa shape index (κ3) is 5.20. The maximum Gasteiger partial charge on any atom is 0.586 e. The zero-order valence-corrected chi connectivity index (χ0v) is 16.3. The van der Waals surface area contributed by atoms with Crippen LogP contribution >= 0.6 is 0 Å². The lowest BCUT2D eigenvalue weighted by Gasteiger charge is -2.15. The highest BCUT2D eigenvalue weighted by atomic mass is 19.3. The molecule has 3 N–H and O–H groups in total. The lowest BCUT2D eigenvalue weighted by molar-refractivity contribution is -0.862. The molecule has 0 saturated heterocycles. The van der Waals surface area contributed by atoms with Gasteiger partial charge in [-0.3, -0.25) is 9.59 Å². The van der Waals surface area contributed by atoms with Crippen LogP contribution in [-0.4, -0.2) is 38.2 Å². The predicted octanol–water partition coefficient (Wildman–Crippen LogP) is 1.72. The van der Waals surface area contributed by atoms with Gasteiger partial charge >= 0.3 is 6.29 Å². The zero-order chi connectivity index (χ0) is 21.2. The lowest BCUT2D eigenvalue weighted by atomic mass is 10.1. The number of hydrogen-bond donors (Lipinski definition) is 3. The number of amides is 2. The molecule has 0 aliphatic carbocycles. The Kier molecular flexibility index (Phi) is 5.69. The first-order chi connectivity index (χ1) is 13.6. The van der Waals surface area contributed by atoms with Crippen molar-refractivity contribution in [3.63, 3.8) is 0 Å². The number of benzene rings is 2. The minimum absolute atomic E-state index is 0.0187. The van der Waals surface area contributed by atoms with Crippen molar-refractivity contribution in [2.45, 2.75) is 20.1 Å². The molecule has 2 aromatic rings. The van der Waals surface area contributed by atoms with E-state index in [2.05, 4.69) is 20.1 Å². The Morgan fingerprint density at radius 3 is 2.38 bits per heavy atom. The van der Waals surface area contributed by atoms with E-state index < -0.39 is 6.29 Å². The van der Waals surface area contributed by atoms with Gasteiger partial charge in [0.1, 0.15) is 0 Å². The van der Waals surface area contributed by atoms with E-state index in [1.54, 1.807) is 7.05 Å². The molecule has 29 heavy (non-hydrogen) atoms. The average Bonchev–Trinajstić information content (AvgIpc) is 2.91. The van der Waals surface area contributed by atoms with Crippen LogP contribution in [0.3, 0.4) is 0 Å². The Balaban J connectivity index is 1.51. The van der Waals surface area contributed by atoms with Crippen molar-refractivity contribution in [2.24, 2.45) is 0 Å². The molecule has 1 unspecified atom stereocenters. The molecule has 2 amide bonds. The van der Waals surface area contributed by atoms with Gasteiger partial charge in [-0.2, -0.15) is 0 Å². The molecule has 9 heteroatoms. The van der Waals surface area contributed by atoms with Gasteiger partial charge in [-0.25, -0.2) is 0 Å². The number of halogens is 2. The molecule has 0 aromatic heterocycles. The molecule has 2 aromatic carbocycles. The van der Waals surface area contributed by atoms with Crippen molar-refractivity contribution in [2.75, 3.05) is 30.8 Å². The van der Waals surface area contributed by atoms with Crippen LogP contribution in [0.25, 0.3) is 0 Å². The van der Waals surface area contributed by atoms with E-state index in [4.69, 9.17) is 0 Å². The van der Waals surface area contributed by atoms with Crippen molar-refractivity contribution in [1.82, 2.24) is 0 Å². The van der Waals surface area contributed by atoms with Gasteiger partial charge in [0.05, 0.1) is 7.05 Å². The van der Waals surface area contributed by atoms with Crippen LogP contribution in [0.4, 0.5) is 20.2 Å². The maximum atomic E-state index is 13.1. The molecule has 0 saturated carbocycles. The van der Waals surface area contributed by atoms with E-state index in [0.29, 0.717) is 10.6 Å². The Morgan fingerprint density at radius 2 is 1.66 bits per heavy atom. The standard InChI is InChI=1S/C20H21F2N3O4/c1-12-5-4-6-15(13(12)2)24-19(27)11-25(3)10-18(26)23-14-7-8-16-17(9-14)29-20(21,22)28-16/h4-9H,10-11H2,1-3H3,(H,23,26)(H,24,27)/p+1. The van der Waals surface area contributed by atoms with E-state index in [9.17, 15) is 18.4 Å². The van der Waals surface area contributed by atoms with E-state index in [1.807, 2.05) is 32.0 Å². The minimum Gasteiger partial charge on any atom is -0.395 e. The predicted molar refractivity (Wildman–Crippen MR) is 102 cm³/mol. The summed E-state index contributed by atoms with van der Waals surface area (Å²) in [6, 6.07) is 9.64. The first-order valence-electron chi connectivity index (χ1n) is 9.00. The highest BCUT2D eigenvalue weighted by Crippen LogP contribution is 2.42. The van der Waals surface area contributed by atoms with Crippen LogP contribution in [0.2, 0.25) is 0 Å². The fraction of sp³-hybridized carbons (Fsp3) is 0.300. The number of nitrogens with one attached hydrogen (secondary N) is 3. The van der Waals surface area contributed by atoms with Crippen LogP contribution < -0.4 is 25.0 Å². The second-order valence-electron chi connectivity index (χ2n) is 6.98. The summed E-state index contributed by atoms with van der Waals surface area (Å²) in [5, 5.41) is 5.45. The van der Waals surface area contributed by atoms with Gasteiger partial charge < -0.3 is 25.0 Å². The highest BCUT2D eigenvalue weighted by Gasteiger charge is 2.43. The van der Waals surface area contributed by atoms with Gasteiger partial charge in [-0.05, 0) is 43.2 Å². The molecule has 1 aliphatic rings. The zero-order valence-electron chi connectivity index (χ0n) is 16.3. The van der Waals surface area contributed by atoms with Crippen molar-refractivity contribution < 1.29 is 32.7 Å². The van der Waals surface area contributed by atoms with E-state index in [1.165, 1.54) is 18.2 Å². The van der Waals surface area contributed by atoms with Crippen molar-refractivity contribution in [3.05, 3.63) is 47.5 Å². The Bertz CT molecular complexity index is 949. The Hall–Kier alpha value is -3.20. The number of carbonyl (C=O) groups is 2. The van der Waals surface area contributed by atoms with Gasteiger partial charge in [0.25, 0.3) is 11.8 Å². The minimum atomic E-state index is -3.71. The highest BCUT2D eigenvalue weighted by molar-refractivity contribution is 5.93. The Labute approximate surface area is 166 Å². The van der Waals surface area contributed by atoms with Crippen LogP contribution in [-0.2, 0) is 9.59 Å². The van der Waals surface area contributed by atoms with Gasteiger partial charge in [-0.1, -0.05) is 12.1 Å². The van der Waals surface area contributed by atoms with Gasteiger partial charge in [0.2, 0.25) is 0 Å². The normalized spacial score (nSPS) is 14.9. The summed E-state index contributed by atoms with van der Waals surface area (Å²) in [6.07, 6.45) is -3.71. The van der Waals surface area contributed by atoms with Crippen LogP contribution in [0.1, 0.15) is 11.1 Å². The summed E-state index contributed by atoms with van der Waals surface area (Å²) in [5.41, 5.74) is 3.10. The molecule has 0 radical (unpaired) electrons. The summed E-state index contributed by atoms with van der Waals surface area (Å²) in [6.45, 7) is 4.00. The monoisotopic (exact) mass is 406 g/mol. The number of alkyl halides is 2. The van der Waals surface area contributed by atoms with Crippen LogP contribution in [0.5, 0.6) is 11.5 Å². The van der Waals surface area contributed by atoms with Crippen molar-refractivity contribution in [1.29, 1.82) is 0 Å². The average molecular weight is 406 g/mol. The Morgan fingerprint density at radius 1 is 1.00 bits per heavy atom. The maximum absolute atomic E-state index is 13.1. The number of anilines is 2. The second-order valence-corrected chi connectivity index (χ2v) is 6.98. The quantitative estimate of drug-likeness (QED) is 0.683. The summed E-state index contributed by atoms with van der Waals surface area (Å²) in [5.74, 6) is -0.831. The van der Waals surface area contributed by atoms with Gasteiger partial charge in [-0.15, -0.1) is 8.78 Å². The molecule has 1 atom stereocenters. The molecule has 0 fully saturated rings. The first-order valence-corrected chi connectivity index (χ1v) is 9.00. The largest absolute Gasteiger partial charge is 0.586 e. The summed E-state index contributed by atoms with van der Waals surface area (Å²) in [7, 11) is 1.71. The molecule has 154 valence electrons. The molecular weight excluding hydrogens is 384 g/mol. The van der Waals surface area contributed by atoms with E-state index in [0.717, 1.165) is 16.8 Å². The van der Waals surface area contributed by atoms with Crippen LogP contribution in [0.15, 0.2) is 36.4 Å². The number of aryl methyl sites for hydroxylation is 1.